The van der Waals surface area contributed by atoms with Crippen LogP contribution in [-0.4, -0.2) is 23.9 Å². The van der Waals surface area contributed by atoms with Crippen molar-refractivity contribution in [3.05, 3.63) is 23.3 Å². The fourth-order valence-corrected chi connectivity index (χ4v) is 2.41. The molecule has 0 heterocycles. The number of carbonyl (C=O) groups is 2. The van der Waals surface area contributed by atoms with Gasteiger partial charge >= 0.3 is 0 Å². The monoisotopic (exact) mass is 372 g/mol. The lowest BCUT2D eigenvalue weighted by Crippen LogP contribution is -2.34. The first-order chi connectivity index (χ1) is 12.4. The molecule has 148 valence electrons. The number of allylic oxidation sites excluding steroid dienone is 2. The summed E-state index contributed by atoms with van der Waals surface area (Å²) in [5.74, 6) is -0.633. The lowest BCUT2D eigenvalue weighted by Gasteiger charge is -2.23. The van der Waals surface area contributed by atoms with E-state index in [1.165, 1.54) is 0 Å². The molecule has 0 aliphatic heterocycles. The van der Waals surface area contributed by atoms with Gasteiger partial charge in [0.2, 0.25) is 0 Å². The number of nitriles is 2. The van der Waals surface area contributed by atoms with E-state index in [2.05, 4.69) is 10.6 Å². The summed E-state index contributed by atoms with van der Waals surface area (Å²) >= 11 is 0. The van der Waals surface area contributed by atoms with Crippen molar-refractivity contribution >= 4 is 11.8 Å². The molecule has 27 heavy (non-hydrogen) atoms. The van der Waals surface area contributed by atoms with Crippen molar-refractivity contribution in [3.63, 3.8) is 0 Å². The van der Waals surface area contributed by atoms with E-state index in [1.807, 2.05) is 60.6 Å². The van der Waals surface area contributed by atoms with E-state index >= 15 is 0 Å². The molecule has 2 N–H and O–H groups in total. The van der Waals surface area contributed by atoms with E-state index in [1.54, 1.807) is 12.2 Å². The minimum Gasteiger partial charge on any atom is -0.349 e. The van der Waals surface area contributed by atoms with E-state index in [4.69, 9.17) is 5.26 Å². The Labute approximate surface area is 163 Å². The topological polar surface area (TPSA) is 106 Å². The molecular formula is C21H32N4O2. The standard InChI is InChI=1S/C21H32N4O2/c1-14(2)10-17(12-22)19(26)25-16(5)8-9-21(6,7)11-18(13-23)20(27)24-15(3)4/h10-11,14-16H,8-9H2,1-7H3,(H,24,27)(H,25,26)/b17-10+,18-11+. The largest absolute Gasteiger partial charge is 0.349 e. The molecule has 0 fully saturated rings. The Morgan fingerprint density at radius 2 is 1.48 bits per heavy atom. The average Bonchev–Trinajstić information content (AvgIpc) is 2.54. The molecular weight excluding hydrogens is 340 g/mol. The van der Waals surface area contributed by atoms with Crippen LogP contribution in [0.15, 0.2) is 23.3 Å². The predicted octanol–water partition coefficient (Wildman–Crippen LogP) is 3.38. The van der Waals surface area contributed by atoms with Gasteiger partial charge in [0.15, 0.2) is 0 Å². The summed E-state index contributed by atoms with van der Waals surface area (Å²) in [6.45, 7) is 13.3. The Balaban J connectivity index is 4.91. The minimum absolute atomic E-state index is 0.0409. The first-order valence-electron chi connectivity index (χ1n) is 9.28. The summed E-state index contributed by atoms with van der Waals surface area (Å²) < 4.78 is 0. The van der Waals surface area contributed by atoms with Crippen molar-refractivity contribution in [2.24, 2.45) is 11.3 Å². The average molecular weight is 373 g/mol. The van der Waals surface area contributed by atoms with E-state index in [9.17, 15) is 14.9 Å². The van der Waals surface area contributed by atoms with Gasteiger partial charge in [0.1, 0.15) is 23.3 Å². The smallest absolute Gasteiger partial charge is 0.261 e. The molecule has 6 heteroatoms. The van der Waals surface area contributed by atoms with Crippen molar-refractivity contribution < 1.29 is 9.59 Å². The van der Waals surface area contributed by atoms with Gasteiger partial charge in [-0.05, 0) is 44.9 Å². The second kappa shape index (κ2) is 11.2. The number of hydrogen-bond acceptors (Lipinski definition) is 4. The van der Waals surface area contributed by atoms with Gasteiger partial charge in [-0.3, -0.25) is 9.59 Å². The van der Waals surface area contributed by atoms with Gasteiger partial charge in [-0.25, -0.2) is 0 Å². The molecule has 0 bridgehead atoms. The van der Waals surface area contributed by atoms with Crippen LogP contribution < -0.4 is 10.6 Å². The SMILES string of the molecule is CC(C)/C=C(\C#N)C(=O)NC(C)CCC(C)(C)/C=C(\C#N)C(=O)NC(C)C. The zero-order valence-corrected chi connectivity index (χ0v) is 17.5. The summed E-state index contributed by atoms with van der Waals surface area (Å²) in [5.41, 5.74) is -0.172. The number of carbonyl (C=O) groups excluding carboxylic acids is 2. The second-order valence-electron chi connectivity index (χ2n) is 8.14. The highest BCUT2D eigenvalue weighted by Gasteiger charge is 2.21. The Morgan fingerprint density at radius 3 is 1.93 bits per heavy atom. The molecule has 0 aromatic rings. The molecule has 0 aliphatic rings. The van der Waals surface area contributed by atoms with Crippen molar-refractivity contribution in [1.82, 2.24) is 10.6 Å². The summed E-state index contributed by atoms with van der Waals surface area (Å²) in [6, 6.07) is 3.72. The lowest BCUT2D eigenvalue weighted by atomic mass is 9.84. The molecule has 0 saturated carbocycles. The fraction of sp³-hybridized carbons (Fsp3) is 0.619. The van der Waals surface area contributed by atoms with Gasteiger partial charge in [0.05, 0.1) is 0 Å². The molecule has 0 aliphatic carbocycles. The van der Waals surface area contributed by atoms with E-state index < -0.39 is 0 Å². The van der Waals surface area contributed by atoms with Gasteiger partial charge in [-0.15, -0.1) is 0 Å². The van der Waals surface area contributed by atoms with Crippen LogP contribution in [-0.2, 0) is 9.59 Å². The van der Waals surface area contributed by atoms with E-state index in [0.29, 0.717) is 12.8 Å². The molecule has 1 atom stereocenters. The third-order valence-corrected chi connectivity index (χ3v) is 3.78. The summed E-state index contributed by atoms with van der Waals surface area (Å²) in [5, 5.41) is 23.9. The van der Waals surface area contributed by atoms with Crippen LogP contribution in [0.25, 0.3) is 0 Å². The van der Waals surface area contributed by atoms with Gasteiger partial charge in [-0.1, -0.05) is 39.8 Å². The van der Waals surface area contributed by atoms with Gasteiger partial charge in [-0.2, -0.15) is 10.5 Å². The van der Waals surface area contributed by atoms with E-state index in [0.717, 1.165) is 0 Å². The van der Waals surface area contributed by atoms with Gasteiger partial charge in [0, 0.05) is 12.1 Å². The van der Waals surface area contributed by atoms with Crippen molar-refractivity contribution in [3.8, 4) is 12.1 Å². The number of rotatable bonds is 9. The molecule has 0 rings (SSSR count). The molecule has 0 aromatic heterocycles. The van der Waals surface area contributed by atoms with Crippen LogP contribution in [0.5, 0.6) is 0 Å². The maximum absolute atomic E-state index is 12.2. The number of nitrogens with one attached hydrogen (secondary N) is 2. The molecule has 1 unspecified atom stereocenters. The first kappa shape index (κ1) is 24.4. The van der Waals surface area contributed by atoms with Crippen LogP contribution in [0.3, 0.4) is 0 Å². The van der Waals surface area contributed by atoms with Gasteiger partial charge < -0.3 is 10.6 Å². The maximum Gasteiger partial charge on any atom is 0.261 e. The maximum atomic E-state index is 12.2. The zero-order chi connectivity index (χ0) is 21.2. The summed E-state index contributed by atoms with van der Waals surface area (Å²) in [7, 11) is 0. The van der Waals surface area contributed by atoms with E-state index in [-0.39, 0.29) is 46.4 Å². The highest BCUT2D eigenvalue weighted by molar-refractivity contribution is 5.97. The van der Waals surface area contributed by atoms with Crippen molar-refractivity contribution in [2.45, 2.75) is 73.4 Å². The van der Waals surface area contributed by atoms with Crippen LogP contribution in [0.4, 0.5) is 0 Å². The number of amides is 2. The number of hydrogen-bond donors (Lipinski definition) is 2. The van der Waals surface area contributed by atoms with Gasteiger partial charge in [0.25, 0.3) is 11.8 Å². The van der Waals surface area contributed by atoms with Crippen molar-refractivity contribution in [1.29, 1.82) is 10.5 Å². The summed E-state index contributed by atoms with van der Waals surface area (Å²) in [4.78, 5) is 24.2. The fourth-order valence-electron chi connectivity index (χ4n) is 2.41. The number of nitrogens with zero attached hydrogens (tertiary/aromatic N) is 2. The summed E-state index contributed by atoms with van der Waals surface area (Å²) in [6.07, 6.45) is 4.64. The predicted molar refractivity (Wildman–Crippen MR) is 106 cm³/mol. The molecule has 0 radical (unpaired) electrons. The third kappa shape index (κ3) is 10.2. The quantitative estimate of drug-likeness (QED) is 0.478. The lowest BCUT2D eigenvalue weighted by molar-refractivity contribution is -0.118. The Bertz CT molecular complexity index is 673. The van der Waals surface area contributed by atoms with Crippen LogP contribution >= 0.6 is 0 Å². The molecule has 2 amide bonds. The minimum atomic E-state index is -0.385. The van der Waals surface area contributed by atoms with Crippen molar-refractivity contribution in [2.75, 3.05) is 0 Å². The molecule has 0 saturated heterocycles. The first-order valence-corrected chi connectivity index (χ1v) is 9.28. The molecule has 0 spiro atoms. The van der Waals surface area contributed by atoms with Crippen LogP contribution in [0, 0.1) is 34.0 Å². The van der Waals surface area contributed by atoms with Crippen LogP contribution in [0.2, 0.25) is 0 Å². The molecule has 0 aromatic carbocycles. The second-order valence-corrected chi connectivity index (χ2v) is 8.14. The highest BCUT2D eigenvalue weighted by Crippen LogP contribution is 2.26. The normalized spacial score (nSPS) is 13.7. The Kier molecular flexibility index (Phi) is 10.1. The Hall–Kier alpha value is -2.60. The highest BCUT2D eigenvalue weighted by atomic mass is 16.2. The van der Waals surface area contributed by atoms with Crippen LogP contribution in [0.1, 0.15) is 61.3 Å². The molecule has 6 nitrogen and oxygen atoms in total. The zero-order valence-electron chi connectivity index (χ0n) is 17.5. The third-order valence-electron chi connectivity index (χ3n) is 3.78. The Morgan fingerprint density at radius 1 is 0.963 bits per heavy atom.